The van der Waals surface area contributed by atoms with Crippen LogP contribution in [0.3, 0.4) is 0 Å². The molecular formula is C13H9F4N. The van der Waals surface area contributed by atoms with E-state index >= 15 is 0 Å². The first-order valence-corrected chi connectivity index (χ1v) is 5.15. The van der Waals surface area contributed by atoms with Gasteiger partial charge in [0.15, 0.2) is 17.5 Å². The number of nitrogens with two attached hydrogens (primary N) is 1. The van der Waals surface area contributed by atoms with Gasteiger partial charge in [-0.3, -0.25) is 0 Å². The normalized spacial score (nSPS) is 12.5. The second-order valence-electron chi connectivity index (χ2n) is 3.80. The summed E-state index contributed by atoms with van der Waals surface area (Å²) in [7, 11) is 0. The molecule has 2 N–H and O–H groups in total. The number of hydrogen-bond acceptors (Lipinski definition) is 1. The van der Waals surface area contributed by atoms with Gasteiger partial charge in [0.1, 0.15) is 5.82 Å². The minimum atomic E-state index is -1.58. The molecule has 5 heteroatoms. The Morgan fingerprint density at radius 1 is 0.889 bits per heavy atom. The molecule has 0 spiro atoms. The van der Waals surface area contributed by atoms with Gasteiger partial charge in [0.05, 0.1) is 6.04 Å². The molecule has 0 aliphatic carbocycles. The summed E-state index contributed by atoms with van der Waals surface area (Å²) < 4.78 is 52.4. The fraction of sp³-hybridized carbons (Fsp3) is 0.0769. The Kier molecular flexibility index (Phi) is 3.34. The molecule has 18 heavy (non-hydrogen) atoms. The summed E-state index contributed by atoms with van der Waals surface area (Å²) in [4.78, 5) is 0. The molecule has 0 saturated heterocycles. The Morgan fingerprint density at radius 2 is 1.61 bits per heavy atom. The lowest BCUT2D eigenvalue weighted by molar-refractivity contribution is 0.438. The van der Waals surface area contributed by atoms with Gasteiger partial charge in [-0.2, -0.15) is 0 Å². The van der Waals surface area contributed by atoms with Crippen LogP contribution in [0.2, 0.25) is 0 Å². The number of benzene rings is 2. The molecule has 0 aliphatic rings. The highest BCUT2D eigenvalue weighted by Gasteiger charge is 2.19. The van der Waals surface area contributed by atoms with Gasteiger partial charge >= 0.3 is 0 Å². The van der Waals surface area contributed by atoms with Crippen LogP contribution >= 0.6 is 0 Å². The van der Waals surface area contributed by atoms with Crippen molar-refractivity contribution in [2.45, 2.75) is 6.04 Å². The zero-order valence-electron chi connectivity index (χ0n) is 9.13. The summed E-state index contributed by atoms with van der Waals surface area (Å²) in [6.07, 6.45) is 0. The van der Waals surface area contributed by atoms with Gasteiger partial charge in [0, 0.05) is 5.56 Å². The number of hydrogen-bond donors (Lipinski definition) is 1. The average Bonchev–Trinajstić information content (AvgIpc) is 2.35. The van der Waals surface area contributed by atoms with Crippen LogP contribution < -0.4 is 5.73 Å². The van der Waals surface area contributed by atoms with E-state index in [0.29, 0.717) is 0 Å². The van der Waals surface area contributed by atoms with E-state index in [9.17, 15) is 17.6 Å². The SMILES string of the molecule is NC(c1cccc(F)c1)c1ccc(F)c(F)c1F. The predicted molar refractivity (Wildman–Crippen MR) is 58.7 cm³/mol. The molecule has 2 rings (SSSR count). The van der Waals surface area contributed by atoms with Gasteiger partial charge in [-0.25, -0.2) is 17.6 Å². The lowest BCUT2D eigenvalue weighted by Crippen LogP contribution is -2.15. The van der Waals surface area contributed by atoms with Crippen molar-refractivity contribution >= 4 is 0 Å². The summed E-state index contributed by atoms with van der Waals surface area (Å²) >= 11 is 0. The fourth-order valence-electron chi connectivity index (χ4n) is 1.66. The smallest absolute Gasteiger partial charge is 0.194 e. The van der Waals surface area contributed by atoms with E-state index in [1.807, 2.05) is 0 Å². The molecule has 1 unspecified atom stereocenters. The lowest BCUT2D eigenvalue weighted by atomic mass is 9.99. The summed E-state index contributed by atoms with van der Waals surface area (Å²) in [5, 5.41) is 0. The summed E-state index contributed by atoms with van der Waals surface area (Å²) in [6, 6.07) is 5.98. The molecule has 0 bridgehead atoms. The second-order valence-corrected chi connectivity index (χ2v) is 3.80. The molecule has 0 amide bonds. The summed E-state index contributed by atoms with van der Waals surface area (Å²) in [5.74, 6) is -4.76. The molecule has 2 aromatic carbocycles. The summed E-state index contributed by atoms with van der Waals surface area (Å²) in [6.45, 7) is 0. The number of rotatable bonds is 2. The van der Waals surface area contributed by atoms with Crippen molar-refractivity contribution in [2.24, 2.45) is 5.73 Å². The van der Waals surface area contributed by atoms with E-state index in [1.165, 1.54) is 18.2 Å². The maximum atomic E-state index is 13.5. The van der Waals surface area contributed by atoms with Gasteiger partial charge in [-0.1, -0.05) is 18.2 Å². The van der Waals surface area contributed by atoms with Crippen molar-refractivity contribution in [3.8, 4) is 0 Å². The highest BCUT2D eigenvalue weighted by Crippen LogP contribution is 2.25. The molecule has 1 nitrogen and oxygen atoms in total. The van der Waals surface area contributed by atoms with E-state index in [-0.39, 0.29) is 11.1 Å². The van der Waals surface area contributed by atoms with Crippen LogP contribution in [0.15, 0.2) is 36.4 Å². The highest BCUT2D eigenvalue weighted by atomic mass is 19.2. The van der Waals surface area contributed by atoms with Crippen LogP contribution in [0.5, 0.6) is 0 Å². The monoisotopic (exact) mass is 255 g/mol. The number of halogens is 4. The van der Waals surface area contributed by atoms with E-state index in [1.54, 1.807) is 0 Å². The van der Waals surface area contributed by atoms with Crippen LogP contribution in [0, 0.1) is 23.3 Å². The van der Waals surface area contributed by atoms with Gasteiger partial charge < -0.3 is 5.73 Å². The first kappa shape index (κ1) is 12.6. The highest BCUT2D eigenvalue weighted by molar-refractivity contribution is 5.33. The average molecular weight is 255 g/mol. The van der Waals surface area contributed by atoms with Gasteiger partial charge in [0.25, 0.3) is 0 Å². The van der Waals surface area contributed by atoms with E-state index in [0.717, 1.165) is 18.2 Å². The molecule has 0 radical (unpaired) electrons. The standard InChI is InChI=1S/C13H9F4N/c14-8-3-1-2-7(6-8)13(18)9-4-5-10(15)12(17)11(9)16/h1-6,13H,18H2. The molecule has 0 fully saturated rings. The van der Waals surface area contributed by atoms with Crippen molar-refractivity contribution in [1.82, 2.24) is 0 Å². The fourth-order valence-corrected chi connectivity index (χ4v) is 1.66. The van der Waals surface area contributed by atoms with Crippen molar-refractivity contribution in [3.63, 3.8) is 0 Å². The van der Waals surface area contributed by atoms with Crippen LogP contribution in [-0.4, -0.2) is 0 Å². The Bertz CT molecular complexity index is 583. The molecule has 0 saturated carbocycles. The quantitative estimate of drug-likeness (QED) is 0.646. The molecule has 94 valence electrons. The maximum Gasteiger partial charge on any atom is 0.194 e. The Hall–Kier alpha value is -1.88. The third kappa shape index (κ3) is 2.22. The lowest BCUT2D eigenvalue weighted by Gasteiger charge is -2.14. The van der Waals surface area contributed by atoms with Crippen molar-refractivity contribution in [2.75, 3.05) is 0 Å². The zero-order chi connectivity index (χ0) is 13.3. The van der Waals surface area contributed by atoms with Crippen LogP contribution in [0.4, 0.5) is 17.6 Å². The maximum absolute atomic E-state index is 13.5. The van der Waals surface area contributed by atoms with Gasteiger partial charge in [-0.05, 0) is 23.8 Å². The minimum absolute atomic E-state index is 0.223. The molecule has 0 aromatic heterocycles. The summed E-state index contributed by atoms with van der Waals surface area (Å²) in [5.41, 5.74) is 5.76. The molecular weight excluding hydrogens is 246 g/mol. The first-order valence-electron chi connectivity index (χ1n) is 5.15. The molecule has 2 aromatic rings. The zero-order valence-corrected chi connectivity index (χ0v) is 9.13. The predicted octanol–water partition coefficient (Wildman–Crippen LogP) is 3.29. The topological polar surface area (TPSA) is 26.0 Å². The third-order valence-corrected chi connectivity index (χ3v) is 2.61. The van der Waals surface area contributed by atoms with Gasteiger partial charge in [-0.15, -0.1) is 0 Å². The van der Waals surface area contributed by atoms with E-state index in [2.05, 4.69) is 0 Å². The Labute approximate surface area is 101 Å². The molecule has 0 aliphatic heterocycles. The Morgan fingerprint density at radius 3 is 2.28 bits per heavy atom. The van der Waals surface area contributed by atoms with Crippen molar-refractivity contribution in [1.29, 1.82) is 0 Å². The second kappa shape index (κ2) is 4.78. The first-order chi connectivity index (χ1) is 8.50. The van der Waals surface area contributed by atoms with Crippen molar-refractivity contribution < 1.29 is 17.6 Å². The van der Waals surface area contributed by atoms with Crippen LogP contribution in [0.25, 0.3) is 0 Å². The largest absolute Gasteiger partial charge is 0.320 e. The molecule has 0 heterocycles. The van der Waals surface area contributed by atoms with Crippen molar-refractivity contribution in [3.05, 3.63) is 70.8 Å². The minimum Gasteiger partial charge on any atom is -0.320 e. The Balaban J connectivity index is 2.46. The van der Waals surface area contributed by atoms with E-state index in [4.69, 9.17) is 5.73 Å². The molecule has 1 atom stereocenters. The van der Waals surface area contributed by atoms with Crippen LogP contribution in [-0.2, 0) is 0 Å². The van der Waals surface area contributed by atoms with Gasteiger partial charge in [0.2, 0.25) is 0 Å². The third-order valence-electron chi connectivity index (χ3n) is 2.61. The van der Waals surface area contributed by atoms with Crippen LogP contribution in [0.1, 0.15) is 17.2 Å². The van der Waals surface area contributed by atoms with E-state index < -0.39 is 29.3 Å².